The lowest BCUT2D eigenvalue weighted by atomic mass is 10.3. The lowest BCUT2D eigenvalue weighted by Gasteiger charge is -2.12. The minimum atomic E-state index is -3.83. The Labute approximate surface area is 143 Å². The van der Waals surface area contributed by atoms with Crippen molar-refractivity contribution >= 4 is 65.0 Å². The molecule has 0 spiro atoms. The molecule has 1 aromatic heterocycles. The van der Waals surface area contributed by atoms with Crippen LogP contribution in [0.25, 0.3) is 0 Å². The first kappa shape index (κ1) is 16.5. The van der Waals surface area contributed by atoms with Gasteiger partial charge in [0.2, 0.25) is 0 Å². The van der Waals surface area contributed by atoms with E-state index in [9.17, 15) is 8.42 Å². The Kier molecular flexibility index (Phi) is 5.10. The maximum Gasteiger partial charge on any atom is 0.263 e. The topological polar surface area (TPSA) is 97.1 Å². The van der Waals surface area contributed by atoms with Crippen molar-refractivity contribution < 1.29 is 8.42 Å². The Hall–Kier alpha value is -0.870. The van der Waals surface area contributed by atoms with E-state index >= 15 is 0 Å². The molecule has 0 saturated carbocycles. The number of anilines is 2. The minimum absolute atomic E-state index is 0.0749. The summed E-state index contributed by atoms with van der Waals surface area (Å²) in [7, 11) is -3.83. The zero-order valence-electron chi connectivity index (χ0n) is 10.3. The summed E-state index contributed by atoms with van der Waals surface area (Å²) in [5.74, 6) is 5.39. The van der Waals surface area contributed by atoms with Gasteiger partial charge < -0.3 is 5.43 Å². The second-order valence-electron chi connectivity index (χ2n) is 3.85. The van der Waals surface area contributed by atoms with E-state index < -0.39 is 10.0 Å². The van der Waals surface area contributed by atoms with Crippen LogP contribution in [0.4, 0.5) is 11.5 Å². The quantitative estimate of drug-likeness (QED) is 0.484. The smallest absolute Gasteiger partial charge is 0.263 e. The molecule has 0 amide bonds. The van der Waals surface area contributed by atoms with Gasteiger partial charge in [-0.25, -0.2) is 19.2 Å². The van der Waals surface area contributed by atoms with Crippen molar-refractivity contribution in [2.24, 2.45) is 5.84 Å². The maximum absolute atomic E-state index is 12.4. The van der Waals surface area contributed by atoms with Crippen LogP contribution in [0.3, 0.4) is 0 Å². The maximum atomic E-state index is 12.4. The minimum Gasteiger partial charge on any atom is -0.307 e. The van der Waals surface area contributed by atoms with Crippen molar-refractivity contribution in [3.63, 3.8) is 0 Å². The number of sulfonamides is 1. The van der Waals surface area contributed by atoms with E-state index in [0.717, 1.165) is 6.20 Å². The predicted octanol–water partition coefficient (Wildman–Crippen LogP) is 3.35. The number of para-hydroxylation sites is 1. The first-order chi connectivity index (χ1) is 9.85. The molecular weight excluding hydrogens is 447 g/mol. The van der Waals surface area contributed by atoms with Gasteiger partial charge in [-0.3, -0.25) is 4.72 Å². The number of hydrazine groups is 1. The van der Waals surface area contributed by atoms with Crippen LogP contribution in [-0.4, -0.2) is 13.4 Å². The number of nitrogens with one attached hydrogen (secondary N) is 2. The number of nitrogen functional groups attached to an aromatic ring is 1. The summed E-state index contributed by atoms with van der Waals surface area (Å²) in [6.45, 7) is 0. The largest absolute Gasteiger partial charge is 0.307 e. The fourth-order valence-corrected chi connectivity index (χ4v) is 4.28. The molecule has 1 aromatic carbocycles. The number of hydrogen-bond donors (Lipinski definition) is 3. The molecule has 6 nitrogen and oxygen atoms in total. The van der Waals surface area contributed by atoms with Gasteiger partial charge in [0.15, 0.2) is 5.82 Å². The van der Waals surface area contributed by atoms with Gasteiger partial charge >= 0.3 is 0 Å². The Morgan fingerprint density at radius 1 is 1.24 bits per heavy atom. The van der Waals surface area contributed by atoms with Gasteiger partial charge in [-0.2, -0.15) is 0 Å². The number of benzene rings is 1. The van der Waals surface area contributed by atoms with Crippen LogP contribution in [0.2, 0.25) is 5.02 Å². The SMILES string of the molecule is NNc1ncc(S(=O)(=O)Nc2c(Br)cccc2Br)cc1Cl. The van der Waals surface area contributed by atoms with Crippen LogP contribution >= 0.6 is 43.5 Å². The van der Waals surface area contributed by atoms with E-state index in [-0.39, 0.29) is 15.7 Å². The fourth-order valence-electron chi connectivity index (χ4n) is 1.46. The van der Waals surface area contributed by atoms with Crippen LogP contribution < -0.4 is 16.0 Å². The van der Waals surface area contributed by atoms with Crippen molar-refractivity contribution in [1.29, 1.82) is 0 Å². The highest BCUT2D eigenvalue weighted by Gasteiger charge is 2.19. The zero-order chi connectivity index (χ0) is 15.6. The predicted molar refractivity (Wildman–Crippen MR) is 89.7 cm³/mol. The molecule has 10 heteroatoms. The summed E-state index contributed by atoms with van der Waals surface area (Å²) in [5, 5.41) is 0.103. The Morgan fingerprint density at radius 2 is 1.86 bits per heavy atom. The van der Waals surface area contributed by atoms with Gasteiger partial charge in [-0.1, -0.05) is 17.7 Å². The van der Waals surface area contributed by atoms with Gasteiger partial charge in [0.05, 0.1) is 10.7 Å². The molecule has 0 radical (unpaired) electrons. The average Bonchev–Trinajstić information content (AvgIpc) is 2.43. The Morgan fingerprint density at radius 3 is 2.38 bits per heavy atom. The molecule has 1 heterocycles. The Bertz CT molecular complexity index is 766. The van der Waals surface area contributed by atoms with E-state index in [2.05, 4.69) is 47.0 Å². The molecule has 21 heavy (non-hydrogen) atoms. The summed E-state index contributed by atoms with van der Waals surface area (Å²) in [4.78, 5) is 3.76. The number of nitrogens with two attached hydrogens (primary N) is 1. The van der Waals surface area contributed by atoms with E-state index in [1.54, 1.807) is 18.2 Å². The number of pyridine rings is 1. The highest BCUT2D eigenvalue weighted by Crippen LogP contribution is 2.32. The number of halogens is 3. The molecule has 0 saturated heterocycles. The average molecular weight is 457 g/mol. The molecule has 0 fully saturated rings. The third-order valence-corrected chi connectivity index (χ3v) is 5.39. The van der Waals surface area contributed by atoms with E-state index in [0.29, 0.717) is 14.6 Å². The van der Waals surface area contributed by atoms with E-state index in [1.165, 1.54) is 6.07 Å². The molecule has 2 aromatic rings. The first-order valence-electron chi connectivity index (χ1n) is 5.44. The number of nitrogens with zero attached hydrogens (tertiary/aromatic N) is 1. The third kappa shape index (κ3) is 3.67. The molecular formula is C11H9Br2ClN4O2S. The molecule has 112 valence electrons. The second kappa shape index (κ2) is 6.49. The molecule has 0 aliphatic heterocycles. The van der Waals surface area contributed by atoms with Crippen molar-refractivity contribution in [1.82, 2.24) is 4.98 Å². The summed E-state index contributed by atoms with van der Waals surface area (Å²) < 4.78 is 28.4. The second-order valence-corrected chi connectivity index (χ2v) is 7.65. The van der Waals surface area contributed by atoms with E-state index in [1.807, 2.05) is 0 Å². The van der Waals surface area contributed by atoms with Crippen molar-refractivity contribution in [2.75, 3.05) is 10.1 Å². The highest BCUT2D eigenvalue weighted by molar-refractivity contribution is 9.11. The normalized spacial score (nSPS) is 11.2. The van der Waals surface area contributed by atoms with Crippen LogP contribution in [0.15, 0.2) is 44.3 Å². The van der Waals surface area contributed by atoms with Crippen LogP contribution in [0, 0.1) is 0 Å². The van der Waals surface area contributed by atoms with Crippen molar-refractivity contribution in [3.05, 3.63) is 44.4 Å². The molecule has 0 aliphatic rings. The molecule has 2 rings (SSSR count). The van der Waals surface area contributed by atoms with Gasteiger partial charge in [0.25, 0.3) is 10.0 Å². The number of rotatable bonds is 4. The third-order valence-electron chi connectivity index (χ3n) is 2.46. The van der Waals surface area contributed by atoms with Crippen LogP contribution in [0.1, 0.15) is 0 Å². The van der Waals surface area contributed by atoms with Gasteiger partial charge in [0, 0.05) is 15.1 Å². The van der Waals surface area contributed by atoms with Gasteiger partial charge in [-0.05, 0) is 50.1 Å². The van der Waals surface area contributed by atoms with E-state index in [4.69, 9.17) is 17.4 Å². The molecule has 0 unspecified atom stereocenters. The summed E-state index contributed by atoms with van der Waals surface area (Å²) in [5.41, 5.74) is 2.65. The lowest BCUT2D eigenvalue weighted by molar-refractivity contribution is 0.601. The summed E-state index contributed by atoms with van der Waals surface area (Å²) >= 11 is 12.5. The highest BCUT2D eigenvalue weighted by atomic mass is 79.9. The van der Waals surface area contributed by atoms with Crippen LogP contribution in [-0.2, 0) is 10.0 Å². The Balaban J connectivity index is 2.41. The molecule has 0 aliphatic carbocycles. The van der Waals surface area contributed by atoms with Gasteiger partial charge in [-0.15, -0.1) is 0 Å². The van der Waals surface area contributed by atoms with Gasteiger partial charge in [0.1, 0.15) is 4.90 Å². The van der Waals surface area contributed by atoms with Crippen LogP contribution in [0.5, 0.6) is 0 Å². The molecule has 0 atom stereocenters. The molecule has 4 N–H and O–H groups in total. The number of hydrogen-bond acceptors (Lipinski definition) is 5. The lowest BCUT2D eigenvalue weighted by Crippen LogP contribution is -2.15. The van der Waals surface area contributed by atoms with Crippen molar-refractivity contribution in [2.45, 2.75) is 4.90 Å². The zero-order valence-corrected chi connectivity index (χ0v) is 15.0. The molecule has 0 bridgehead atoms. The summed E-state index contributed by atoms with van der Waals surface area (Å²) in [6, 6.07) is 6.47. The monoisotopic (exact) mass is 454 g/mol. The van der Waals surface area contributed by atoms with Crippen molar-refractivity contribution in [3.8, 4) is 0 Å². The standard InChI is InChI=1S/C11H9Br2ClN4O2S/c12-7-2-1-3-8(13)10(7)18-21(19,20)6-4-9(14)11(17-15)16-5-6/h1-5,18H,15H2,(H,16,17). The number of aromatic nitrogens is 1. The fraction of sp³-hybridized carbons (Fsp3) is 0. The summed E-state index contributed by atoms with van der Waals surface area (Å²) in [6.07, 6.45) is 1.16. The first-order valence-corrected chi connectivity index (χ1v) is 8.89.